The number of nitrogens with zero attached hydrogens (tertiary/aromatic N) is 2. The van der Waals surface area contributed by atoms with E-state index in [1.54, 1.807) is 0 Å². The van der Waals surface area contributed by atoms with Crippen LogP contribution in [-0.2, 0) is 0 Å². The SMILES string of the molecule is Cc1cc(C)n(-c2cc(B(O)O)cc(C3CCCCC3)c2)n1. The lowest BCUT2D eigenvalue weighted by Gasteiger charge is -2.23. The van der Waals surface area contributed by atoms with E-state index >= 15 is 0 Å². The summed E-state index contributed by atoms with van der Waals surface area (Å²) in [5, 5.41) is 23.8. The van der Waals surface area contributed by atoms with Gasteiger partial charge in [-0.2, -0.15) is 5.10 Å². The molecule has 3 rings (SSSR count). The van der Waals surface area contributed by atoms with Crippen LogP contribution in [0.2, 0.25) is 0 Å². The molecule has 0 saturated heterocycles. The van der Waals surface area contributed by atoms with Crippen LogP contribution in [0.1, 0.15) is 55.0 Å². The Morgan fingerprint density at radius 3 is 2.36 bits per heavy atom. The Bertz CT molecular complexity index is 661. The molecule has 0 atom stereocenters. The van der Waals surface area contributed by atoms with Crippen LogP contribution < -0.4 is 5.46 Å². The molecule has 1 heterocycles. The Morgan fingerprint density at radius 2 is 1.77 bits per heavy atom. The van der Waals surface area contributed by atoms with Gasteiger partial charge in [-0.25, -0.2) is 4.68 Å². The second kappa shape index (κ2) is 6.27. The van der Waals surface area contributed by atoms with Gasteiger partial charge in [-0.3, -0.25) is 0 Å². The van der Waals surface area contributed by atoms with E-state index in [1.807, 2.05) is 36.7 Å². The van der Waals surface area contributed by atoms with Gasteiger partial charge >= 0.3 is 7.12 Å². The Labute approximate surface area is 131 Å². The molecular weight excluding hydrogens is 275 g/mol. The van der Waals surface area contributed by atoms with Crippen molar-refractivity contribution in [3.8, 4) is 5.69 Å². The first kappa shape index (κ1) is 15.3. The standard InChI is InChI=1S/C17H23BN2O2/c1-12-8-13(2)20(19-12)17-10-15(9-16(11-17)18(21)22)14-6-4-3-5-7-14/h8-11,14,21-22H,3-7H2,1-2H3. The van der Waals surface area contributed by atoms with Crippen molar-refractivity contribution in [3.63, 3.8) is 0 Å². The number of hydrogen-bond donors (Lipinski definition) is 2. The molecule has 0 amide bonds. The lowest BCUT2D eigenvalue weighted by Crippen LogP contribution is -2.31. The van der Waals surface area contributed by atoms with Gasteiger partial charge in [0.15, 0.2) is 0 Å². The molecule has 1 aliphatic rings. The van der Waals surface area contributed by atoms with Crippen LogP contribution in [0.3, 0.4) is 0 Å². The molecule has 1 aromatic heterocycles. The summed E-state index contributed by atoms with van der Waals surface area (Å²) in [7, 11) is -1.45. The molecule has 116 valence electrons. The van der Waals surface area contributed by atoms with E-state index in [0.717, 1.165) is 17.1 Å². The summed E-state index contributed by atoms with van der Waals surface area (Å²) < 4.78 is 1.88. The molecule has 0 unspecified atom stereocenters. The third-order valence-electron chi connectivity index (χ3n) is 4.59. The summed E-state index contributed by atoms with van der Waals surface area (Å²) in [4.78, 5) is 0. The van der Waals surface area contributed by atoms with Crippen molar-refractivity contribution in [2.24, 2.45) is 0 Å². The largest absolute Gasteiger partial charge is 0.488 e. The zero-order chi connectivity index (χ0) is 15.7. The van der Waals surface area contributed by atoms with Crippen molar-refractivity contribution in [3.05, 3.63) is 41.2 Å². The van der Waals surface area contributed by atoms with Crippen LogP contribution in [0.5, 0.6) is 0 Å². The molecule has 0 aliphatic heterocycles. The van der Waals surface area contributed by atoms with Crippen molar-refractivity contribution in [1.82, 2.24) is 9.78 Å². The zero-order valence-electron chi connectivity index (χ0n) is 13.3. The summed E-state index contributed by atoms with van der Waals surface area (Å²) in [6, 6.07) is 7.94. The van der Waals surface area contributed by atoms with Crippen LogP contribution in [-0.4, -0.2) is 26.9 Å². The maximum Gasteiger partial charge on any atom is 0.488 e. The number of hydrogen-bond acceptors (Lipinski definition) is 3. The Morgan fingerprint density at radius 1 is 1.05 bits per heavy atom. The fraction of sp³-hybridized carbons (Fsp3) is 0.471. The van der Waals surface area contributed by atoms with E-state index in [4.69, 9.17) is 0 Å². The van der Waals surface area contributed by atoms with E-state index in [2.05, 4.69) is 11.2 Å². The maximum atomic E-state index is 9.62. The maximum absolute atomic E-state index is 9.62. The summed E-state index contributed by atoms with van der Waals surface area (Å²) in [5.74, 6) is 0.517. The van der Waals surface area contributed by atoms with Gasteiger partial charge in [0.05, 0.1) is 11.4 Å². The van der Waals surface area contributed by atoms with Gasteiger partial charge in [0.1, 0.15) is 0 Å². The van der Waals surface area contributed by atoms with Crippen molar-refractivity contribution < 1.29 is 10.0 Å². The predicted octanol–water partition coefficient (Wildman–Crippen LogP) is 2.22. The molecule has 1 saturated carbocycles. The smallest absolute Gasteiger partial charge is 0.423 e. The quantitative estimate of drug-likeness (QED) is 0.854. The monoisotopic (exact) mass is 298 g/mol. The molecule has 5 heteroatoms. The van der Waals surface area contributed by atoms with E-state index in [1.165, 1.54) is 37.7 Å². The second-order valence-corrected chi connectivity index (χ2v) is 6.41. The average Bonchev–Trinajstić information content (AvgIpc) is 2.86. The van der Waals surface area contributed by atoms with Crippen LogP contribution in [0, 0.1) is 13.8 Å². The van der Waals surface area contributed by atoms with Crippen molar-refractivity contribution in [2.75, 3.05) is 0 Å². The molecule has 22 heavy (non-hydrogen) atoms. The van der Waals surface area contributed by atoms with Gasteiger partial charge < -0.3 is 10.0 Å². The fourth-order valence-electron chi connectivity index (χ4n) is 3.49. The lowest BCUT2D eigenvalue weighted by atomic mass is 9.76. The van der Waals surface area contributed by atoms with Crippen molar-refractivity contribution >= 4 is 12.6 Å². The Kier molecular flexibility index (Phi) is 4.36. The zero-order valence-corrected chi connectivity index (χ0v) is 13.3. The molecule has 0 radical (unpaired) electrons. The molecule has 2 N–H and O–H groups in total. The van der Waals surface area contributed by atoms with Crippen LogP contribution in [0.25, 0.3) is 5.69 Å². The highest BCUT2D eigenvalue weighted by Crippen LogP contribution is 2.33. The third-order valence-corrected chi connectivity index (χ3v) is 4.59. The molecule has 1 aromatic carbocycles. The first-order chi connectivity index (χ1) is 10.5. The molecule has 1 aliphatic carbocycles. The van der Waals surface area contributed by atoms with Crippen LogP contribution in [0.4, 0.5) is 0 Å². The topological polar surface area (TPSA) is 58.3 Å². The highest BCUT2D eigenvalue weighted by Gasteiger charge is 2.20. The second-order valence-electron chi connectivity index (χ2n) is 6.41. The molecule has 0 spiro atoms. The van der Waals surface area contributed by atoms with E-state index in [9.17, 15) is 10.0 Å². The number of rotatable bonds is 3. The van der Waals surface area contributed by atoms with Crippen LogP contribution >= 0.6 is 0 Å². The Hall–Kier alpha value is -1.59. The molecule has 0 bridgehead atoms. The van der Waals surface area contributed by atoms with E-state index in [0.29, 0.717) is 11.4 Å². The molecule has 4 nitrogen and oxygen atoms in total. The highest BCUT2D eigenvalue weighted by atomic mass is 16.4. The normalized spacial score (nSPS) is 16.0. The van der Waals surface area contributed by atoms with Gasteiger partial charge in [-0.15, -0.1) is 0 Å². The first-order valence-corrected chi connectivity index (χ1v) is 8.09. The summed E-state index contributed by atoms with van der Waals surface area (Å²) in [5.41, 5.74) is 4.68. The minimum absolute atomic E-state index is 0.517. The number of benzene rings is 1. The van der Waals surface area contributed by atoms with Gasteiger partial charge in [0.2, 0.25) is 0 Å². The number of aryl methyl sites for hydroxylation is 2. The summed E-state index contributed by atoms with van der Waals surface area (Å²) in [6.07, 6.45) is 6.18. The fourth-order valence-corrected chi connectivity index (χ4v) is 3.49. The summed E-state index contributed by atoms with van der Waals surface area (Å²) in [6.45, 7) is 3.98. The Balaban J connectivity index is 2.05. The highest BCUT2D eigenvalue weighted by molar-refractivity contribution is 6.58. The van der Waals surface area contributed by atoms with E-state index in [-0.39, 0.29) is 0 Å². The lowest BCUT2D eigenvalue weighted by molar-refractivity contribution is 0.425. The van der Waals surface area contributed by atoms with Crippen LogP contribution in [0.15, 0.2) is 24.3 Å². The van der Waals surface area contributed by atoms with Crippen molar-refractivity contribution in [1.29, 1.82) is 0 Å². The minimum Gasteiger partial charge on any atom is -0.423 e. The number of aromatic nitrogens is 2. The first-order valence-electron chi connectivity index (χ1n) is 8.09. The third kappa shape index (κ3) is 3.10. The minimum atomic E-state index is -1.45. The summed E-state index contributed by atoms with van der Waals surface area (Å²) >= 11 is 0. The molecular formula is C17H23BN2O2. The molecule has 2 aromatic rings. The van der Waals surface area contributed by atoms with Gasteiger partial charge in [0.25, 0.3) is 0 Å². The van der Waals surface area contributed by atoms with Gasteiger partial charge in [-0.05, 0) is 61.8 Å². The van der Waals surface area contributed by atoms with Gasteiger partial charge in [0, 0.05) is 5.69 Å². The average molecular weight is 298 g/mol. The van der Waals surface area contributed by atoms with E-state index < -0.39 is 7.12 Å². The predicted molar refractivity (Wildman–Crippen MR) is 88.7 cm³/mol. The van der Waals surface area contributed by atoms with Gasteiger partial charge in [-0.1, -0.05) is 25.3 Å². The molecule has 1 fully saturated rings. The van der Waals surface area contributed by atoms with Crippen molar-refractivity contribution in [2.45, 2.75) is 51.9 Å².